The van der Waals surface area contributed by atoms with Crippen molar-refractivity contribution < 1.29 is 29.3 Å². The van der Waals surface area contributed by atoms with Gasteiger partial charge in [0.1, 0.15) is 11.3 Å². The summed E-state index contributed by atoms with van der Waals surface area (Å²) in [5.41, 5.74) is 1.09. The molecule has 1 aliphatic rings. The highest BCUT2D eigenvalue weighted by Gasteiger charge is 2.33. The standard InChI is InChI=1S/C19H13NO6S2/c1-26-18(25)11-4-2-10(3-5-11)8-15-16(22)20(19(27)28-15)12-6-7-13(17(23)24)14(21)9-12/h2-9,21H,1H3,(H,23,24)/b15-8+. The van der Waals surface area contributed by atoms with Gasteiger partial charge in [0.05, 0.1) is 23.3 Å². The Hall–Kier alpha value is -3.17. The van der Waals surface area contributed by atoms with Gasteiger partial charge in [0.2, 0.25) is 0 Å². The SMILES string of the molecule is COC(=O)c1ccc(/C=C2/SC(=S)N(c3ccc(C(=O)O)c(O)c3)C2=O)cc1. The molecule has 1 saturated heterocycles. The van der Waals surface area contributed by atoms with Crippen molar-refractivity contribution in [2.24, 2.45) is 0 Å². The van der Waals surface area contributed by atoms with Crippen LogP contribution < -0.4 is 4.90 Å². The van der Waals surface area contributed by atoms with Gasteiger partial charge in [-0.25, -0.2) is 9.59 Å². The molecule has 0 spiro atoms. The molecule has 0 saturated carbocycles. The molecule has 9 heteroatoms. The van der Waals surface area contributed by atoms with Crippen LogP contribution in [0.5, 0.6) is 5.75 Å². The van der Waals surface area contributed by atoms with Gasteiger partial charge >= 0.3 is 11.9 Å². The highest BCUT2D eigenvalue weighted by molar-refractivity contribution is 8.27. The molecule has 2 N–H and O–H groups in total. The summed E-state index contributed by atoms with van der Waals surface area (Å²) in [6, 6.07) is 10.3. The largest absolute Gasteiger partial charge is 0.507 e. The van der Waals surface area contributed by atoms with E-state index in [1.54, 1.807) is 30.3 Å². The number of carbonyl (C=O) groups excluding carboxylic acids is 2. The fourth-order valence-electron chi connectivity index (χ4n) is 2.51. The van der Waals surface area contributed by atoms with E-state index in [2.05, 4.69) is 4.74 Å². The second-order valence-electron chi connectivity index (χ2n) is 5.64. The van der Waals surface area contributed by atoms with Gasteiger partial charge in [-0.1, -0.05) is 36.1 Å². The van der Waals surface area contributed by atoms with E-state index >= 15 is 0 Å². The van der Waals surface area contributed by atoms with E-state index in [1.807, 2.05) is 0 Å². The van der Waals surface area contributed by atoms with Crippen LogP contribution in [0.25, 0.3) is 6.08 Å². The Morgan fingerprint density at radius 2 is 1.86 bits per heavy atom. The number of ether oxygens (including phenoxy) is 1. The van der Waals surface area contributed by atoms with Crippen molar-refractivity contribution >= 4 is 57.9 Å². The Kier molecular flexibility index (Phi) is 5.48. The molecule has 0 radical (unpaired) electrons. The molecule has 0 bridgehead atoms. The lowest BCUT2D eigenvalue weighted by Gasteiger charge is -2.15. The summed E-state index contributed by atoms with van der Waals surface area (Å²) in [6.07, 6.45) is 1.63. The van der Waals surface area contributed by atoms with E-state index in [0.717, 1.165) is 11.8 Å². The number of aromatic carboxylic acids is 1. The summed E-state index contributed by atoms with van der Waals surface area (Å²) in [5.74, 6) is -2.58. The minimum absolute atomic E-state index is 0.255. The third-order valence-electron chi connectivity index (χ3n) is 3.89. The Morgan fingerprint density at radius 3 is 2.43 bits per heavy atom. The molecule has 0 aromatic heterocycles. The highest BCUT2D eigenvalue weighted by Crippen LogP contribution is 2.37. The number of esters is 1. The van der Waals surface area contributed by atoms with E-state index < -0.39 is 23.6 Å². The topological polar surface area (TPSA) is 104 Å². The van der Waals surface area contributed by atoms with Gasteiger partial charge in [-0.2, -0.15) is 0 Å². The molecule has 7 nitrogen and oxygen atoms in total. The van der Waals surface area contributed by atoms with Crippen LogP contribution in [0.4, 0.5) is 5.69 Å². The number of phenols is 1. The number of carboxylic acids is 1. The summed E-state index contributed by atoms with van der Waals surface area (Å²) in [5, 5.41) is 18.9. The summed E-state index contributed by atoms with van der Waals surface area (Å²) in [4.78, 5) is 36.8. The minimum atomic E-state index is -1.27. The van der Waals surface area contributed by atoms with E-state index in [0.29, 0.717) is 16.0 Å². The van der Waals surface area contributed by atoms with Gasteiger partial charge in [-0.15, -0.1) is 0 Å². The van der Waals surface area contributed by atoms with E-state index in [4.69, 9.17) is 17.3 Å². The number of anilines is 1. The number of carbonyl (C=O) groups is 3. The van der Waals surface area contributed by atoms with Crippen molar-refractivity contribution in [2.45, 2.75) is 0 Å². The van der Waals surface area contributed by atoms with Crippen LogP contribution in [-0.4, -0.2) is 39.5 Å². The van der Waals surface area contributed by atoms with Crippen LogP contribution in [0, 0.1) is 0 Å². The Labute approximate surface area is 169 Å². The molecule has 2 aromatic carbocycles. The maximum absolute atomic E-state index is 12.7. The van der Waals surface area contributed by atoms with Crippen molar-refractivity contribution in [1.82, 2.24) is 0 Å². The summed E-state index contributed by atoms with van der Waals surface area (Å²) >= 11 is 6.34. The van der Waals surface area contributed by atoms with E-state index in [9.17, 15) is 19.5 Å². The van der Waals surface area contributed by atoms with Gasteiger partial charge in [0, 0.05) is 6.07 Å². The second-order valence-corrected chi connectivity index (χ2v) is 7.31. The quantitative estimate of drug-likeness (QED) is 0.445. The third-order valence-corrected chi connectivity index (χ3v) is 5.20. The number of rotatable bonds is 4. The summed E-state index contributed by atoms with van der Waals surface area (Å²) < 4.78 is 4.90. The predicted octanol–water partition coefficient (Wildman–Crippen LogP) is 3.28. The van der Waals surface area contributed by atoms with Gasteiger partial charge in [-0.3, -0.25) is 9.69 Å². The minimum Gasteiger partial charge on any atom is -0.507 e. The number of benzene rings is 2. The highest BCUT2D eigenvalue weighted by atomic mass is 32.2. The smallest absolute Gasteiger partial charge is 0.339 e. The first-order valence-corrected chi connectivity index (χ1v) is 9.07. The molecule has 1 fully saturated rings. The molecule has 142 valence electrons. The molecule has 1 heterocycles. The second kappa shape index (κ2) is 7.83. The number of amides is 1. The van der Waals surface area contributed by atoms with E-state index in [-0.39, 0.29) is 15.6 Å². The Morgan fingerprint density at radius 1 is 1.18 bits per heavy atom. The van der Waals surface area contributed by atoms with Crippen molar-refractivity contribution in [3.8, 4) is 5.75 Å². The number of thioether (sulfide) groups is 1. The first-order chi connectivity index (χ1) is 13.3. The number of methoxy groups -OCH3 is 1. The molecule has 2 aromatic rings. The monoisotopic (exact) mass is 415 g/mol. The molecular weight excluding hydrogens is 402 g/mol. The average Bonchev–Trinajstić information content (AvgIpc) is 2.94. The fraction of sp³-hybridized carbons (Fsp3) is 0.0526. The normalized spacial score (nSPS) is 15.2. The molecule has 0 atom stereocenters. The van der Waals surface area contributed by atoms with Crippen molar-refractivity contribution in [3.05, 3.63) is 64.1 Å². The van der Waals surface area contributed by atoms with Crippen molar-refractivity contribution in [3.63, 3.8) is 0 Å². The number of carboxylic acid groups (broad SMARTS) is 1. The maximum atomic E-state index is 12.7. The fourth-order valence-corrected chi connectivity index (χ4v) is 3.81. The maximum Gasteiger partial charge on any atom is 0.339 e. The average molecular weight is 415 g/mol. The molecule has 0 unspecified atom stereocenters. The lowest BCUT2D eigenvalue weighted by atomic mass is 10.1. The summed E-state index contributed by atoms with van der Waals surface area (Å²) in [7, 11) is 1.29. The molecule has 28 heavy (non-hydrogen) atoms. The first-order valence-electron chi connectivity index (χ1n) is 7.84. The first kappa shape index (κ1) is 19.6. The molecule has 0 aliphatic carbocycles. The zero-order valence-corrected chi connectivity index (χ0v) is 16.0. The Bertz CT molecular complexity index is 1030. The number of thiocarbonyl (C=S) groups is 1. The van der Waals surface area contributed by atoms with Crippen LogP contribution in [0.3, 0.4) is 0 Å². The van der Waals surface area contributed by atoms with Crippen LogP contribution >= 0.6 is 24.0 Å². The predicted molar refractivity (Wildman–Crippen MR) is 108 cm³/mol. The van der Waals surface area contributed by atoms with E-state index in [1.165, 1.54) is 30.2 Å². The van der Waals surface area contributed by atoms with Gasteiger partial charge in [0.25, 0.3) is 5.91 Å². The number of hydrogen-bond acceptors (Lipinski definition) is 7. The summed E-state index contributed by atoms with van der Waals surface area (Å²) in [6.45, 7) is 0. The van der Waals surface area contributed by atoms with Crippen LogP contribution in [0.2, 0.25) is 0 Å². The zero-order valence-electron chi connectivity index (χ0n) is 14.4. The van der Waals surface area contributed by atoms with Crippen molar-refractivity contribution in [2.75, 3.05) is 12.0 Å². The lowest BCUT2D eigenvalue weighted by Crippen LogP contribution is -2.27. The zero-order chi connectivity index (χ0) is 20.4. The lowest BCUT2D eigenvalue weighted by molar-refractivity contribution is -0.113. The number of aromatic hydroxyl groups is 1. The molecule has 1 aliphatic heterocycles. The Balaban J connectivity index is 1.87. The van der Waals surface area contributed by atoms with Gasteiger partial charge < -0.3 is 14.9 Å². The van der Waals surface area contributed by atoms with Crippen LogP contribution in [0.1, 0.15) is 26.3 Å². The number of nitrogens with zero attached hydrogens (tertiary/aromatic N) is 1. The van der Waals surface area contributed by atoms with Gasteiger partial charge in [-0.05, 0) is 35.9 Å². The third kappa shape index (κ3) is 3.75. The van der Waals surface area contributed by atoms with Gasteiger partial charge in [0.15, 0.2) is 4.32 Å². The van der Waals surface area contributed by atoms with Crippen LogP contribution in [-0.2, 0) is 9.53 Å². The molecule has 3 rings (SSSR count). The molecular formula is C19H13NO6S2. The number of hydrogen-bond donors (Lipinski definition) is 2. The van der Waals surface area contributed by atoms with Crippen LogP contribution in [0.15, 0.2) is 47.4 Å². The molecule has 1 amide bonds. The van der Waals surface area contributed by atoms with Crippen molar-refractivity contribution in [1.29, 1.82) is 0 Å².